The third-order valence-electron chi connectivity index (χ3n) is 1.66. The maximum absolute atomic E-state index is 8.55. The lowest BCUT2D eigenvalue weighted by molar-refractivity contribution is 0.338. The van der Waals surface area contributed by atoms with Gasteiger partial charge in [0.15, 0.2) is 0 Å². The van der Waals surface area contributed by atoms with Gasteiger partial charge >= 0.3 is 0 Å². The number of rotatable bonds is 7. The van der Waals surface area contributed by atoms with Crippen molar-refractivity contribution in [2.45, 2.75) is 12.8 Å². The molecule has 0 radical (unpaired) electrons. The highest BCUT2D eigenvalue weighted by molar-refractivity contribution is 8.40. The van der Waals surface area contributed by atoms with Crippen LogP contribution in [0.3, 0.4) is 0 Å². The zero-order valence-electron chi connectivity index (χ0n) is 9.84. The van der Waals surface area contributed by atoms with E-state index in [0.29, 0.717) is 12.8 Å². The second kappa shape index (κ2) is 9.57. The molecule has 0 unspecified atom stereocenters. The van der Waals surface area contributed by atoms with Crippen molar-refractivity contribution in [3.8, 4) is 12.1 Å². The topological polar surface area (TPSA) is 56.8 Å². The first kappa shape index (κ1) is 15.7. The molecule has 0 aliphatic carbocycles. The summed E-state index contributed by atoms with van der Waals surface area (Å²) in [5.41, 5.74) is 0. The quantitative estimate of drug-likeness (QED) is 0.511. The third kappa shape index (κ3) is 5.53. The predicted molar refractivity (Wildman–Crippen MR) is 82.7 cm³/mol. The molecule has 0 N–H and O–H groups in total. The number of methoxy groups -OCH3 is 1. The maximum Gasteiger partial charge on any atom is 0.103 e. The van der Waals surface area contributed by atoms with Gasteiger partial charge in [0.05, 0.1) is 32.0 Å². The lowest BCUT2D eigenvalue weighted by atomic mass is 10.6. The molecule has 0 atom stereocenters. The Labute approximate surface area is 124 Å². The fraction of sp³-hybridized carbons (Fsp3) is 0.455. The summed E-state index contributed by atoms with van der Waals surface area (Å²) in [5, 5.41) is 17.1. The van der Waals surface area contributed by atoms with E-state index in [1.807, 2.05) is 0 Å². The molecule has 0 bridgehead atoms. The second-order valence-electron chi connectivity index (χ2n) is 2.96. The Balaban J connectivity index is 2.57. The van der Waals surface area contributed by atoms with Crippen LogP contribution in [0.15, 0.2) is 19.0 Å². The second-order valence-corrected chi connectivity index (χ2v) is 8.05. The standard InChI is InChI=1S/C11H12N2OS4/c1-14-8-9-17-10(15-6-2-4-12)11(18-9)16-7-3-5-13/h8H,2-3,6-7H2,1H3. The first-order chi connectivity index (χ1) is 8.81. The Morgan fingerprint density at radius 3 is 2.00 bits per heavy atom. The van der Waals surface area contributed by atoms with E-state index in [9.17, 15) is 0 Å². The molecule has 96 valence electrons. The van der Waals surface area contributed by atoms with Crippen LogP contribution in [-0.4, -0.2) is 18.6 Å². The van der Waals surface area contributed by atoms with Crippen LogP contribution in [0.1, 0.15) is 12.8 Å². The largest absolute Gasteiger partial charge is 0.503 e. The molecule has 0 amide bonds. The minimum atomic E-state index is 0.554. The Bertz CT molecular complexity index is 386. The molecular formula is C11H12N2OS4. The van der Waals surface area contributed by atoms with Gasteiger partial charge in [-0.2, -0.15) is 10.5 Å². The van der Waals surface area contributed by atoms with Crippen LogP contribution in [0, 0.1) is 22.7 Å². The van der Waals surface area contributed by atoms with Crippen LogP contribution in [0.4, 0.5) is 0 Å². The van der Waals surface area contributed by atoms with Gasteiger partial charge in [0.1, 0.15) is 6.26 Å². The molecule has 0 fully saturated rings. The van der Waals surface area contributed by atoms with Crippen LogP contribution >= 0.6 is 47.0 Å². The molecule has 0 aromatic carbocycles. The summed E-state index contributed by atoms with van der Waals surface area (Å²) in [5.74, 6) is 1.62. The highest BCUT2D eigenvalue weighted by atomic mass is 32.3. The van der Waals surface area contributed by atoms with Gasteiger partial charge in [-0.3, -0.25) is 0 Å². The van der Waals surface area contributed by atoms with Crippen molar-refractivity contribution in [3.63, 3.8) is 0 Å². The Morgan fingerprint density at radius 1 is 1.11 bits per heavy atom. The van der Waals surface area contributed by atoms with E-state index in [4.69, 9.17) is 15.3 Å². The van der Waals surface area contributed by atoms with E-state index in [1.165, 1.54) is 8.47 Å². The van der Waals surface area contributed by atoms with Gasteiger partial charge in [-0.15, -0.1) is 23.5 Å². The van der Waals surface area contributed by atoms with Crippen molar-refractivity contribution in [1.29, 1.82) is 10.5 Å². The van der Waals surface area contributed by atoms with Gasteiger partial charge in [-0.1, -0.05) is 23.5 Å². The molecule has 3 nitrogen and oxygen atoms in total. The first-order valence-corrected chi connectivity index (χ1v) is 8.74. The van der Waals surface area contributed by atoms with Gasteiger partial charge in [-0.25, -0.2) is 0 Å². The lowest BCUT2D eigenvalue weighted by Crippen LogP contribution is -1.79. The molecule has 1 aliphatic heterocycles. The smallest absolute Gasteiger partial charge is 0.103 e. The van der Waals surface area contributed by atoms with E-state index in [2.05, 4.69) is 12.1 Å². The number of nitrogens with zero attached hydrogens (tertiary/aromatic N) is 2. The van der Waals surface area contributed by atoms with Crippen LogP contribution < -0.4 is 0 Å². The SMILES string of the molecule is COC=C1SC(SCCC#N)=C(SCCC#N)S1. The zero-order valence-corrected chi connectivity index (χ0v) is 13.1. The maximum atomic E-state index is 8.55. The fourth-order valence-corrected chi connectivity index (χ4v) is 6.50. The average Bonchev–Trinajstić information content (AvgIpc) is 2.73. The normalized spacial score (nSPS) is 14.3. The number of ether oxygens (including phenoxy) is 1. The molecule has 0 saturated carbocycles. The average molecular weight is 316 g/mol. The molecule has 0 spiro atoms. The molecule has 1 rings (SSSR count). The number of nitriles is 2. The van der Waals surface area contributed by atoms with Crippen molar-refractivity contribution >= 4 is 47.0 Å². The molecule has 0 aromatic rings. The molecule has 0 aromatic heterocycles. The van der Waals surface area contributed by atoms with Gasteiger partial charge in [0, 0.05) is 24.3 Å². The van der Waals surface area contributed by atoms with Crippen molar-refractivity contribution in [1.82, 2.24) is 0 Å². The minimum absolute atomic E-state index is 0.554. The van der Waals surface area contributed by atoms with E-state index < -0.39 is 0 Å². The molecular weight excluding hydrogens is 304 g/mol. The molecule has 1 heterocycles. The summed E-state index contributed by atoms with van der Waals surface area (Å²) >= 11 is 6.77. The first-order valence-electron chi connectivity index (χ1n) is 5.14. The zero-order chi connectivity index (χ0) is 13.2. The molecule has 0 saturated heterocycles. The lowest BCUT2D eigenvalue weighted by Gasteiger charge is -2.01. The Kier molecular flexibility index (Phi) is 8.36. The van der Waals surface area contributed by atoms with Crippen molar-refractivity contribution in [2.75, 3.05) is 18.6 Å². The predicted octanol–water partition coefficient (Wildman–Crippen LogP) is 4.33. The Morgan fingerprint density at radius 2 is 1.61 bits per heavy atom. The fourth-order valence-electron chi connectivity index (χ4n) is 0.987. The van der Waals surface area contributed by atoms with Crippen molar-refractivity contribution in [2.24, 2.45) is 0 Å². The molecule has 1 aliphatic rings. The minimum Gasteiger partial charge on any atom is -0.503 e. The van der Waals surface area contributed by atoms with Crippen molar-refractivity contribution in [3.05, 3.63) is 19.0 Å². The monoisotopic (exact) mass is 316 g/mol. The summed E-state index contributed by atoms with van der Waals surface area (Å²) in [6.45, 7) is 0. The highest BCUT2D eigenvalue weighted by Gasteiger charge is 2.22. The van der Waals surface area contributed by atoms with Crippen LogP contribution in [-0.2, 0) is 4.74 Å². The number of thioether (sulfide) groups is 4. The van der Waals surface area contributed by atoms with E-state index in [-0.39, 0.29) is 0 Å². The Hall–Kier alpha value is -0.340. The summed E-state index contributed by atoms with van der Waals surface area (Å²) in [6, 6.07) is 4.29. The number of hydrogen-bond acceptors (Lipinski definition) is 7. The van der Waals surface area contributed by atoms with Gasteiger partial charge in [-0.05, 0) is 0 Å². The highest BCUT2D eigenvalue weighted by Crippen LogP contribution is 2.57. The van der Waals surface area contributed by atoms with Crippen LogP contribution in [0.2, 0.25) is 0 Å². The third-order valence-corrected chi connectivity index (χ3v) is 7.01. The van der Waals surface area contributed by atoms with E-state index in [0.717, 1.165) is 15.7 Å². The van der Waals surface area contributed by atoms with E-state index >= 15 is 0 Å². The summed E-state index contributed by atoms with van der Waals surface area (Å²) in [7, 11) is 1.64. The molecule has 7 heteroatoms. The van der Waals surface area contributed by atoms with Crippen LogP contribution in [0.5, 0.6) is 0 Å². The van der Waals surface area contributed by atoms with Gasteiger partial charge in [0.2, 0.25) is 0 Å². The number of hydrogen-bond donors (Lipinski definition) is 0. The summed E-state index contributed by atoms with van der Waals surface area (Å²) in [4.78, 5) is 0. The van der Waals surface area contributed by atoms with E-state index in [1.54, 1.807) is 60.4 Å². The molecule has 18 heavy (non-hydrogen) atoms. The van der Waals surface area contributed by atoms with Gasteiger partial charge < -0.3 is 4.74 Å². The summed E-state index contributed by atoms with van der Waals surface area (Å²) < 4.78 is 8.58. The van der Waals surface area contributed by atoms with Gasteiger partial charge in [0.25, 0.3) is 0 Å². The van der Waals surface area contributed by atoms with Crippen molar-refractivity contribution < 1.29 is 4.74 Å². The summed E-state index contributed by atoms with van der Waals surface area (Å²) in [6.07, 6.45) is 2.84. The van der Waals surface area contributed by atoms with Crippen LogP contribution in [0.25, 0.3) is 0 Å².